The number of carbonyl (C=O) groups is 1. The van der Waals surface area contributed by atoms with Crippen LogP contribution in [0.5, 0.6) is 5.75 Å². The fraction of sp³-hybridized carbons (Fsp3) is 0.796. The topological polar surface area (TPSA) is 220 Å². The summed E-state index contributed by atoms with van der Waals surface area (Å²) in [7, 11) is 6.78. The second kappa shape index (κ2) is 25.8. The summed E-state index contributed by atoms with van der Waals surface area (Å²) in [6, 6.07) is 5.41. The third-order valence-corrected chi connectivity index (χ3v) is 16.4. The Morgan fingerprint density at radius 2 is 1.68 bits per heavy atom. The Balaban J connectivity index is 1.44. The van der Waals surface area contributed by atoms with Gasteiger partial charge in [-0.1, -0.05) is 57.7 Å². The van der Waals surface area contributed by atoms with Gasteiger partial charge in [0.15, 0.2) is 6.29 Å². The van der Waals surface area contributed by atoms with Crippen molar-refractivity contribution in [2.24, 2.45) is 23.7 Å². The smallest absolute Gasteiger partial charge is 0.309 e. The van der Waals surface area contributed by atoms with Gasteiger partial charge in [0, 0.05) is 64.3 Å². The minimum Gasteiger partial charge on any atom is -0.490 e. The number of likely N-dealkylation sites (N-methyl/N-ethyl adjacent to an activating group) is 2. The highest BCUT2D eigenvalue weighted by molar-refractivity contribution is 5.73. The highest BCUT2D eigenvalue weighted by Crippen LogP contribution is 2.45. The average molecular weight is 1040 g/mol. The van der Waals surface area contributed by atoms with Gasteiger partial charge in [0.25, 0.3) is 0 Å². The number of aromatic nitrogens is 3. The molecule has 1 aromatic heterocycles. The van der Waals surface area contributed by atoms with Gasteiger partial charge in [0.2, 0.25) is 0 Å². The first-order chi connectivity index (χ1) is 34.3. The van der Waals surface area contributed by atoms with Crippen molar-refractivity contribution in [2.75, 3.05) is 54.7 Å². The zero-order valence-corrected chi connectivity index (χ0v) is 46.0. The van der Waals surface area contributed by atoms with Gasteiger partial charge in [-0.15, -0.1) is 5.10 Å². The Hall–Kier alpha value is -3.18. The van der Waals surface area contributed by atoms with Crippen molar-refractivity contribution in [3.63, 3.8) is 0 Å². The SMILES string of the molecule is C=CCOc1ccc([C@@H](OC)[C@@H](CF)n2cc(CCN(C)[C@H]3C[C@@H](C)O[C@@H](O[C@@H]4[C@@H](C)C([C@H]5C[C@@](C)(OC)[C@@H](O)[C@H](C)O5)[C@@H](C)C(=O)O[C@H](CC)[C@@](C)(O)[C@H](O)[C@@H](C)N(C)C[C@H](C)C[C@@]4(C)O)[C@@H]3O)nn2)cc1. The molecule has 1 unspecified atom stereocenters. The zero-order valence-electron chi connectivity index (χ0n) is 46.0. The predicted molar refractivity (Wildman–Crippen MR) is 272 cm³/mol. The number of ether oxygens (including phenoxy) is 7. The Morgan fingerprint density at radius 3 is 2.29 bits per heavy atom. The number of aliphatic hydroxyl groups excluding tert-OH is 3. The van der Waals surface area contributed by atoms with Gasteiger partial charge in [-0.2, -0.15) is 0 Å². The van der Waals surface area contributed by atoms with Crippen LogP contribution in [-0.2, 0) is 39.6 Å². The number of methoxy groups -OCH3 is 2. The van der Waals surface area contributed by atoms with Crippen LogP contribution >= 0.6 is 0 Å². The third kappa shape index (κ3) is 14.1. The predicted octanol–water partition coefficient (Wildman–Crippen LogP) is 4.84. The van der Waals surface area contributed by atoms with Crippen molar-refractivity contribution in [1.29, 1.82) is 0 Å². The van der Waals surface area contributed by atoms with Crippen molar-refractivity contribution < 1.29 is 67.9 Å². The first-order valence-electron chi connectivity index (χ1n) is 26.2. The molecule has 18 nitrogen and oxygen atoms in total. The Labute approximate surface area is 433 Å². The van der Waals surface area contributed by atoms with Crippen molar-refractivity contribution in [1.82, 2.24) is 24.8 Å². The van der Waals surface area contributed by atoms with Gasteiger partial charge >= 0.3 is 5.97 Å². The summed E-state index contributed by atoms with van der Waals surface area (Å²) < 4.78 is 59.9. The molecule has 20 atom stereocenters. The quantitative estimate of drug-likeness (QED) is 0.106. The minimum absolute atomic E-state index is 0.171. The number of hydrogen-bond acceptors (Lipinski definition) is 17. The fourth-order valence-corrected chi connectivity index (χ4v) is 12.0. The molecule has 0 amide bonds. The largest absolute Gasteiger partial charge is 0.490 e. The van der Waals surface area contributed by atoms with Gasteiger partial charge in [-0.3, -0.25) is 4.79 Å². The fourth-order valence-electron chi connectivity index (χ4n) is 12.0. The Morgan fingerprint density at radius 1 is 1.01 bits per heavy atom. The molecule has 3 aliphatic rings. The summed E-state index contributed by atoms with van der Waals surface area (Å²) in [5, 5.41) is 68.9. The lowest BCUT2D eigenvalue weighted by Crippen LogP contribution is -2.62. The van der Waals surface area contributed by atoms with E-state index in [9.17, 15) is 34.7 Å². The minimum atomic E-state index is -1.83. The lowest BCUT2D eigenvalue weighted by molar-refractivity contribution is -0.302. The number of esters is 1. The molecule has 1 aromatic carbocycles. The maximum Gasteiger partial charge on any atom is 0.309 e. The number of aliphatic hydroxyl groups is 5. The van der Waals surface area contributed by atoms with E-state index in [0.717, 1.165) is 5.56 Å². The number of nitrogens with zero attached hydrogens (tertiary/aromatic N) is 5. The number of cyclic esters (lactones) is 1. The van der Waals surface area contributed by atoms with E-state index < -0.39 is 127 Å². The first-order valence-corrected chi connectivity index (χ1v) is 26.2. The maximum atomic E-state index is 14.8. The monoisotopic (exact) mass is 1040 g/mol. The highest BCUT2D eigenvalue weighted by atomic mass is 19.1. The number of halogens is 1. The molecule has 2 aromatic rings. The van der Waals surface area contributed by atoms with Gasteiger partial charge in [0.05, 0.1) is 47.2 Å². The van der Waals surface area contributed by atoms with Crippen LogP contribution in [0.2, 0.25) is 0 Å². The van der Waals surface area contributed by atoms with Crippen molar-refractivity contribution in [3.05, 3.63) is 54.4 Å². The van der Waals surface area contributed by atoms with E-state index in [1.165, 1.54) is 25.8 Å². The lowest BCUT2D eigenvalue weighted by Gasteiger charge is -2.51. The normalized spacial score (nSPS) is 39.5. The molecule has 0 saturated carbocycles. The van der Waals surface area contributed by atoms with E-state index in [-0.39, 0.29) is 25.2 Å². The van der Waals surface area contributed by atoms with E-state index in [1.54, 1.807) is 65.9 Å². The number of rotatable bonds is 17. The summed E-state index contributed by atoms with van der Waals surface area (Å²) in [6.07, 6.45) is -4.61. The number of carbonyl (C=O) groups excluding carboxylic acids is 1. The van der Waals surface area contributed by atoms with Crippen molar-refractivity contribution in [2.45, 2.75) is 197 Å². The van der Waals surface area contributed by atoms with Crippen LogP contribution in [0.1, 0.15) is 118 Å². The molecule has 4 heterocycles. The van der Waals surface area contributed by atoms with Crippen LogP contribution in [0, 0.1) is 23.7 Å². The molecular formula is C54H90FN5O13. The standard InChI is InChI=1S/C54H90FN5O13/c1-16-24-69-39-20-18-37(19-21-39)46(67-14)41(28-55)60-30-38(56-57-60)22-23-58(12)40-25-32(4)70-51(45(40)61)73-49-33(5)44(42-27-53(10,68-15)48(63)36(8)71-42)34(6)50(64)72-43(17-2)54(11,66)47(62)35(7)59(13)29-31(3)26-52(49,9)65/h16,18-21,30-36,40-49,51,61-63,65-66H,1,17,22-29H2,2-15H3/t31-,32-,33+,34-,35-,36+,40+,41-,42-,43-,44?,45-,46-,47-,48+,49-,51+,52-,53-,54-/m1/s1. The van der Waals surface area contributed by atoms with Crippen LogP contribution in [0.3, 0.4) is 0 Å². The molecule has 0 bridgehead atoms. The highest BCUT2D eigenvalue weighted by Gasteiger charge is 2.55. The molecule has 0 spiro atoms. The summed E-state index contributed by atoms with van der Waals surface area (Å²) >= 11 is 0. The molecular weight excluding hydrogens is 946 g/mol. The van der Waals surface area contributed by atoms with Crippen LogP contribution in [-0.4, -0.2) is 195 Å². The number of benzene rings is 1. The average Bonchev–Trinajstić information content (AvgIpc) is 3.82. The van der Waals surface area contributed by atoms with E-state index in [2.05, 4.69) is 16.9 Å². The molecule has 3 fully saturated rings. The van der Waals surface area contributed by atoms with Crippen molar-refractivity contribution >= 4 is 5.97 Å². The molecule has 5 rings (SSSR count). The van der Waals surface area contributed by atoms with Gasteiger partial charge in [0.1, 0.15) is 61.2 Å². The number of alkyl halides is 1. The van der Waals surface area contributed by atoms with E-state index >= 15 is 0 Å². The van der Waals surface area contributed by atoms with E-state index in [0.29, 0.717) is 44.0 Å². The van der Waals surface area contributed by atoms with E-state index in [4.69, 9.17) is 33.2 Å². The van der Waals surface area contributed by atoms with Crippen LogP contribution in [0.4, 0.5) is 4.39 Å². The molecule has 19 heteroatoms. The van der Waals surface area contributed by atoms with Crippen LogP contribution in [0.25, 0.3) is 0 Å². The van der Waals surface area contributed by atoms with E-state index in [1.807, 2.05) is 56.8 Å². The zero-order chi connectivity index (χ0) is 54.3. The van der Waals surface area contributed by atoms with Crippen LogP contribution in [0.15, 0.2) is 43.1 Å². The lowest BCUT2D eigenvalue weighted by atomic mass is 9.68. The molecule has 416 valence electrons. The second-order valence-corrected chi connectivity index (χ2v) is 22.3. The molecule has 5 N–H and O–H groups in total. The maximum absolute atomic E-state index is 14.8. The molecule has 3 saturated heterocycles. The second-order valence-electron chi connectivity index (χ2n) is 22.3. The summed E-state index contributed by atoms with van der Waals surface area (Å²) in [4.78, 5) is 18.6. The van der Waals surface area contributed by atoms with Crippen molar-refractivity contribution in [3.8, 4) is 5.75 Å². The molecule has 3 aliphatic heterocycles. The molecule has 0 radical (unpaired) electrons. The first kappa shape index (κ1) is 60.7. The Bertz CT molecular complexity index is 2030. The molecule has 0 aliphatic carbocycles. The number of hydrogen-bond donors (Lipinski definition) is 5. The van der Waals surface area contributed by atoms with Gasteiger partial charge in [-0.25, -0.2) is 9.07 Å². The van der Waals surface area contributed by atoms with Crippen LogP contribution < -0.4 is 4.74 Å². The van der Waals surface area contributed by atoms with Gasteiger partial charge in [-0.05, 0) is 104 Å². The summed E-state index contributed by atoms with van der Waals surface area (Å²) in [6.45, 7) is 21.9. The third-order valence-electron chi connectivity index (χ3n) is 16.4. The Kier molecular flexibility index (Phi) is 21.4. The summed E-state index contributed by atoms with van der Waals surface area (Å²) in [5.74, 6) is -2.61. The molecule has 73 heavy (non-hydrogen) atoms. The summed E-state index contributed by atoms with van der Waals surface area (Å²) in [5.41, 5.74) is -3.16. The van der Waals surface area contributed by atoms with Gasteiger partial charge < -0.3 is 68.5 Å².